The summed E-state index contributed by atoms with van der Waals surface area (Å²) in [6, 6.07) is 64.1. The Kier molecular flexibility index (Phi) is 5.80. The Balaban J connectivity index is 1.24. The van der Waals surface area contributed by atoms with E-state index in [-0.39, 0.29) is 0 Å². The third-order valence-corrected chi connectivity index (χ3v) is 11.4. The predicted molar refractivity (Wildman–Crippen MR) is 224 cm³/mol. The maximum atomic E-state index is 6.56. The fourth-order valence-corrected chi connectivity index (χ4v) is 9.07. The molecule has 11 aromatic carbocycles. The van der Waals surface area contributed by atoms with Crippen LogP contribution in [-0.2, 0) is 0 Å². The highest BCUT2D eigenvalue weighted by Gasteiger charge is 2.22. The van der Waals surface area contributed by atoms with E-state index in [1.807, 2.05) is 24.3 Å². The number of fused-ring (bicyclic) bond motifs is 7. The van der Waals surface area contributed by atoms with Gasteiger partial charge in [0.1, 0.15) is 5.52 Å². The molecule has 1 aromatic heterocycles. The van der Waals surface area contributed by atoms with Crippen molar-refractivity contribution in [3.05, 3.63) is 176 Å². The molecule has 0 aliphatic carbocycles. The Bertz CT molecular complexity index is 3430. The summed E-state index contributed by atoms with van der Waals surface area (Å²) in [7, 11) is 0. The molecule has 53 heavy (non-hydrogen) atoms. The molecule has 0 fully saturated rings. The van der Waals surface area contributed by atoms with Crippen LogP contribution in [0.2, 0.25) is 0 Å². The van der Waals surface area contributed by atoms with Crippen LogP contribution < -0.4 is 0 Å². The highest BCUT2D eigenvalue weighted by molar-refractivity contribution is 6.31. The Hall–Kier alpha value is -7.03. The third kappa shape index (κ3) is 4.06. The molecule has 0 aliphatic rings. The molecule has 0 radical (unpaired) electrons. The van der Waals surface area contributed by atoms with Crippen LogP contribution in [-0.4, -0.2) is 4.98 Å². The Labute approximate surface area is 304 Å². The summed E-state index contributed by atoms with van der Waals surface area (Å²) < 4.78 is 6.56. The lowest BCUT2D eigenvalue weighted by molar-refractivity contribution is 0.620. The Morgan fingerprint density at radius 2 is 0.792 bits per heavy atom. The average molecular weight is 672 g/mol. The summed E-state index contributed by atoms with van der Waals surface area (Å²) >= 11 is 0. The zero-order valence-corrected chi connectivity index (χ0v) is 28.6. The minimum absolute atomic E-state index is 0.635. The predicted octanol–water partition coefficient (Wildman–Crippen LogP) is 14.3. The fraction of sp³-hybridized carbons (Fsp3) is 0. The third-order valence-electron chi connectivity index (χ3n) is 11.4. The number of aromatic nitrogens is 1. The van der Waals surface area contributed by atoms with Crippen molar-refractivity contribution in [2.75, 3.05) is 0 Å². The molecule has 12 rings (SSSR count). The van der Waals surface area contributed by atoms with Gasteiger partial charge in [0, 0.05) is 5.56 Å². The minimum Gasteiger partial charge on any atom is -0.436 e. The molecule has 0 bridgehead atoms. The van der Waals surface area contributed by atoms with Gasteiger partial charge < -0.3 is 4.42 Å². The number of rotatable bonds is 3. The smallest absolute Gasteiger partial charge is 0.227 e. The molecule has 244 valence electrons. The van der Waals surface area contributed by atoms with Crippen molar-refractivity contribution in [3.8, 4) is 33.7 Å². The molecule has 2 heteroatoms. The molecule has 2 nitrogen and oxygen atoms in total. The topological polar surface area (TPSA) is 26.0 Å². The molecule has 0 amide bonds. The maximum absolute atomic E-state index is 6.56. The normalized spacial score (nSPS) is 12.2. The van der Waals surface area contributed by atoms with E-state index < -0.39 is 0 Å². The van der Waals surface area contributed by atoms with Crippen molar-refractivity contribution in [2.24, 2.45) is 0 Å². The van der Waals surface area contributed by atoms with Gasteiger partial charge in [-0.1, -0.05) is 146 Å². The summed E-state index contributed by atoms with van der Waals surface area (Å²) in [5.41, 5.74) is 7.50. The number of para-hydroxylation sites is 2. The van der Waals surface area contributed by atoms with Crippen molar-refractivity contribution in [1.29, 1.82) is 0 Å². The van der Waals surface area contributed by atoms with E-state index in [1.165, 1.54) is 92.3 Å². The standard InChI is InChI=1S/C51H29NO/c1-3-13-33-31(11-1)27-43(37-17-7-5-15-35(33)37)39-23-21-30-22-24-41-45(44-28-32-12-2-4-14-34(32)36-16-6-8-18-38(36)44)29-46(42-26-25-40(39)49(30)50(41)42)51-52-47-19-9-10-20-48(47)53-51/h1-29H. The molecule has 0 N–H and O–H groups in total. The van der Waals surface area contributed by atoms with Gasteiger partial charge >= 0.3 is 0 Å². The van der Waals surface area contributed by atoms with Crippen LogP contribution in [0, 0.1) is 0 Å². The van der Waals surface area contributed by atoms with E-state index in [0.29, 0.717) is 5.89 Å². The van der Waals surface area contributed by atoms with Crippen LogP contribution in [0.25, 0.3) is 120 Å². The van der Waals surface area contributed by atoms with Gasteiger partial charge in [0.15, 0.2) is 5.58 Å². The van der Waals surface area contributed by atoms with Crippen LogP contribution in [0.1, 0.15) is 0 Å². The van der Waals surface area contributed by atoms with Crippen molar-refractivity contribution in [3.63, 3.8) is 0 Å². The van der Waals surface area contributed by atoms with Crippen molar-refractivity contribution in [1.82, 2.24) is 4.98 Å². The van der Waals surface area contributed by atoms with Gasteiger partial charge in [0.05, 0.1) is 0 Å². The molecule has 0 aliphatic heterocycles. The van der Waals surface area contributed by atoms with E-state index in [0.717, 1.165) is 22.0 Å². The zero-order chi connectivity index (χ0) is 34.6. The van der Waals surface area contributed by atoms with Gasteiger partial charge in [-0.25, -0.2) is 4.98 Å². The first-order chi connectivity index (χ1) is 26.3. The maximum Gasteiger partial charge on any atom is 0.227 e. The number of benzene rings is 11. The molecule has 0 unspecified atom stereocenters. The Morgan fingerprint density at radius 1 is 0.302 bits per heavy atom. The molecule has 12 aromatic rings. The first-order valence-electron chi connectivity index (χ1n) is 18.2. The summed E-state index contributed by atoms with van der Waals surface area (Å²) in [5.74, 6) is 0.635. The lowest BCUT2D eigenvalue weighted by atomic mass is 9.83. The molecule has 1 heterocycles. The minimum atomic E-state index is 0.635. The second kappa shape index (κ2) is 10.7. The highest BCUT2D eigenvalue weighted by Crippen LogP contribution is 2.48. The van der Waals surface area contributed by atoms with E-state index in [9.17, 15) is 0 Å². The average Bonchev–Trinajstić information content (AvgIpc) is 3.66. The van der Waals surface area contributed by atoms with Crippen LogP contribution in [0.15, 0.2) is 180 Å². The Morgan fingerprint density at radius 3 is 1.47 bits per heavy atom. The first-order valence-corrected chi connectivity index (χ1v) is 18.2. The van der Waals surface area contributed by atoms with Crippen LogP contribution in [0.3, 0.4) is 0 Å². The van der Waals surface area contributed by atoms with E-state index in [4.69, 9.17) is 9.40 Å². The summed E-state index contributed by atoms with van der Waals surface area (Å²) in [6.07, 6.45) is 0. The second-order valence-electron chi connectivity index (χ2n) is 14.2. The second-order valence-corrected chi connectivity index (χ2v) is 14.2. The van der Waals surface area contributed by atoms with Crippen LogP contribution >= 0.6 is 0 Å². The molecule has 0 saturated heterocycles. The lowest BCUT2D eigenvalue weighted by Crippen LogP contribution is -1.94. The number of nitrogens with zero attached hydrogens (tertiary/aromatic N) is 1. The quantitative estimate of drug-likeness (QED) is 0.175. The summed E-state index contributed by atoms with van der Waals surface area (Å²) in [6.45, 7) is 0. The largest absolute Gasteiger partial charge is 0.436 e. The number of hydrogen-bond acceptors (Lipinski definition) is 2. The molecule has 0 atom stereocenters. The highest BCUT2D eigenvalue weighted by atomic mass is 16.3. The molecular weight excluding hydrogens is 643 g/mol. The van der Waals surface area contributed by atoms with Gasteiger partial charge in [-0.2, -0.15) is 0 Å². The van der Waals surface area contributed by atoms with Gasteiger partial charge in [-0.05, 0) is 128 Å². The zero-order valence-electron chi connectivity index (χ0n) is 28.6. The molecule has 0 saturated carbocycles. The fourth-order valence-electron chi connectivity index (χ4n) is 9.07. The van der Waals surface area contributed by atoms with Gasteiger partial charge in [-0.3, -0.25) is 0 Å². The van der Waals surface area contributed by atoms with E-state index >= 15 is 0 Å². The molecular formula is C51H29NO. The SMILES string of the molecule is c1ccc2c(c1)cc(-c1ccc3ccc4c(-c5cc6ccccc6c6ccccc56)cc(-c5nc6ccccc6o5)c5ccc1c3c54)c1ccccc12. The number of oxazole rings is 1. The van der Waals surface area contributed by atoms with Gasteiger partial charge in [-0.15, -0.1) is 0 Å². The van der Waals surface area contributed by atoms with Crippen molar-refractivity contribution in [2.45, 2.75) is 0 Å². The summed E-state index contributed by atoms with van der Waals surface area (Å²) in [4.78, 5) is 5.07. The number of hydrogen-bond donors (Lipinski definition) is 0. The van der Waals surface area contributed by atoms with Gasteiger partial charge in [0.2, 0.25) is 5.89 Å². The lowest BCUT2D eigenvalue weighted by Gasteiger charge is -2.20. The van der Waals surface area contributed by atoms with Crippen molar-refractivity contribution >= 4 is 86.5 Å². The van der Waals surface area contributed by atoms with Crippen LogP contribution in [0.4, 0.5) is 0 Å². The monoisotopic (exact) mass is 671 g/mol. The van der Waals surface area contributed by atoms with E-state index in [2.05, 4.69) is 152 Å². The summed E-state index contributed by atoms with van der Waals surface area (Å²) in [5, 5.41) is 17.3. The van der Waals surface area contributed by atoms with E-state index in [1.54, 1.807) is 0 Å². The molecule has 0 spiro atoms. The van der Waals surface area contributed by atoms with Crippen LogP contribution in [0.5, 0.6) is 0 Å². The first kappa shape index (κ1) is 28.6. The van der Waals surface area contributed by atoms with Gasteiger partial charge in [0.25, 0.3) is 0 Å². The van der Waals surface area contributed by atoms with Crippen molar-refractivity contribution < 1.29 is 4.42 Å².